The molecule has 0 saturated heterocycles. The number of fused-ring (bicyclic) bond motifs is 1. The van der Waals surface area contributed by atoms with Gasteiger partial charge in [0.1, 0.15) is 17.8 Å². The summed E-state index contributed by atoms with van der Waals surface area (Å²) < 4.78 is 5.91. The lowest BCUT2D eigenvalue weighted by Crippen LogP contribution is -2.53. The Balaban J connectivity index is 1.84. The van der Waals surface area contributed by atoms with Crippen LogP contribution in [-0.4, -0.2) is 66.9 Å². The first-order valence-electron chi connectivity index (χ1n) is 14.1. The largest absolute Gasteiger partial charge is 0.493 e. The molecule has 3 N–H and O–H groups in total. The van der Waals surface area contributed by atoms with Crippen molar-refractivity contribution in [2.75, 3.05) is 20.2 Å². The molecule has 1 saturated carbocycles. The summed E-state index contributed by atoms with van der Waals surface area (Å²) in [5.74, 6) is -0.815. The molecule has 3 rings (SSSR count). The van der Waals surface area contributed by atoms with E-state index in [2.05, 4.69) is 16.0 Å². The second-order valence-electron chi connectivity index (χ2n) is 11.0. The molecule has 38 heavy (non-hydrogen) atoms. The van der Waals surface area contributed by atoms with E-state index in [1.807, 2.05) is 13.8 Å². The molecule has 0 spiro atoms. The molecule has 0 unspecified atom stereocenters. The smallest absolute Gasteiger partial charge is 0.255 e. The van der Waals surface area contributed by atoms with Crippen LogP contribution in [0.5, 0.6) is 5.75 Å². The summed E-state index contributed by atoms with van der Waals surface area (Å²) in [5, 5.41) is 8.63. The van der Waals surface area contributed by atoms with Gasteiger partial charge in [-0.15, -0.1) is 0 Å². The fraction of sp³-hybridized carbons (Fsp3) is 0.655. The highest BCUT2D eigenvalue weighted by Gasteiger charge is 2.31. The van der Waals surface area contributed by atoms with Gasteiger partial charge in [-0.1, -0.05) is 51.7 Å². The summed E-state index contributed by atoms with van der Waals surface area (Å²) in [6.45, 7) is 5.07. The highest BCUT2D eigenvalue weighted by atomic mass is 16.5. The van der Waals surface area contributed by atoms with Gasteiger partial charge in [-0.25, -0.2) is 0 Å². The second kappa shape index (κ2) is 14.7. The van der Waals surface area contributed by atoms with E-state index in [4.69, 9.17) is 4.74 Å². The first kappa shape index (κ1) is 29.5. The fourth-order valence-corrected chi connectivity index (χ4v) is 5.09. The standard InChI is InChI=1S/C29H44N4O5/c1-20(2)18-24-29(37)33(3)16-10-4-5-11-17-38-25-15-9-8-14-22(25)27(35)32-23(19-26(34)31-24)28(36)30-21-12-6-7-13-21/h8-9,14-15,20-21,23-24H,4-7,10-13,16-19H2,1-3H3,(H,30,36)(H,31,34)(H,32,35)/t23-,24-/m0/s1. The van der Waals surface area contributed by atoms with Crippen LogP contribution in [0.1, 0.15) is 88.4 Å². The molecule has 1 heterocycles. The van der Waals surface area contributed by atoms with E-state index < -0.39 is 29.8 Å². The first-order chi connectivity index (χ1) is 18.2. The molecule has 0 bridgehead atoms. The Morgan fingerprint density at radius 3 is 2.47 bits per heavy atom. The number of ether oxygens (including phenoxy) is 1. The van der Waals surface area contributed by atoms with Crippen LogP contribution in [0.4, 0.5) is 0 Å². The van der Waals surface area contributed by atoms with E-state index in [9.17, 15) is 19.2 Å². The summed E-state index contributed by atoms with van der Waals surface area (Å²) in [5.41, 5.74) is 0.321. The Bertz CT molecular complexity index is 960. The monoisotopic (exact) mass is 528 g/mol. The Kier molecular flexibility index (Phi) is 11.4. The van der Waals surface area contributed by atoms with Crippen LogP contribution < -0.4 is 20.7 Å². The maximum atomic E-state index is 13.3. The molecule has 0 aromatic heterocycles. The molecule has 9 nitrogen and oxygen atoms in total. The van der Waals surface area contributed by atoms with Gasteiger partial charge in [0.25, 0.3) is 5.91 Å². The number of nitrogens with one attached hydrogen (secondary N) is 3. The number of amides is 4. The lowest BCUT2D eigenvalue weighted by atomic mass is 10.0. The topological polar surface area (TPSA) is 117 Å². The minimum atomic E-state index is -1.08. The van der Waals surface area contributed by atoms with Gasteiger partial charge in [-0.05, 0) is 50.2 Å². The summed E-state index contributed by atoms with van der Waals surface area (Å²) >= 11 is 0. The first-order valence-corrected chi connectivity index (χ1v) is 14.1. The second-order valence-corrected chi connectivity index (χ2v) is 11.0. The van der Waals surface area contributed by atoms with E-state index in [0.717, 1.165) is 51.4 Å². The van der Waals surface area contributed by atoms with E-state index >= 15 is 0 Å². The molecule has 1 aliphatic carbocycles. The number of carbonyl (C=O) groups excluding carboxylic acids is 4. The highest BCUT2D eigenvalue weighted by Crippen LogP contribution is 2.20. The molecule has 9 heteroatoms. The van der Waals surface area contributed by atoms with Gasteiger partial charge in [0.15, 0.2) is 0 Å². The average Bonchev–Trinajstić information content (AvgIpc) is 3.39. The Morgan fingerprint density at radius 1 is 1.03 bits per heavy atom. The van der Waals surface area contributed by atoms with Crippen LogP contribution in [0, 0.1) is 5.92 Å². The summed E-state index contributed by atoms with van der Waals surface area (Å²) in [6, 6.07) is 5.21. The molecule has 4 amide bonds. The van der Waals surface area contributed by atoms with E-state index in [1.165, 1.54) is 0 Å². The van der Waals surface area contributed by atoms with Gasteiger partial charge < -0.3 is 25.6 Å². The zero-order valence-electron chi connectivity index (χ0n) is 23.1. The number of carbonyl (C=O) groups is 4. The summed E-state index contributed by atoms with van der Waals surface area (Å²) in [6.07, 6.45) is 7.63. The number of likely N-dealkylation sites (N-methyl/N-ethyl adjacent to an activating group) is 1. The van der Waals surface area contributed by atoms with Crippen molar-refractivity contribution < 1.29 is 23.9 Å². The Morgan fingerprint density at radius 2 is 1.74 bits per heavy atom. The SMILES string of the molecule is CC(C)C[C@@H]1NC(=O)C[C@@H](C(=O)NC2CCCC2)NC(=O)c2ccccc2OCCCCCCN(C)C1=O. The fourth-order valence-electron chi connectivity index (χ4n) is 5.09. The van der Waals surface area contributed by atoms with Crippen LogP contribution in [0.3, 0.4) is 0 Å². The maximum absolute atomic E-state index is 13.3. The van der Waals surface area contributed by atoms with Gasteiger partial charge >= 0.3 is 0 Å². The number of hydrogen-bond donors (Lipinski definition) is 3. The number of nitrogens with zero attached hydrogens (tertiary/aromatic N) is 1. The molecule has 0 radical (unpaired) electrons. The zero-order valence-corrected chi connectivity index (χ0v) is 23.1. The number of para-hydroxylation sites is 1. The van der Waals surface area contributed by atoms with Crippen LogP contribution in [-0.2, 0) is 14.4 Å². The predicted octanol–water partition coefficient (Wildman–Crippen LogP) is 3.18. The molecule has 2 aliphatic rings. The van der Waals surface area contributed by atoms with Crippen molar-refractivity contribution in [2.45, 2.75) is 96.2 Å². The third kappa shape index (κ3) is 9.03. The van der Waals surface area contributed by atoms with Crippen molar-refractivity contribution in [1.82, 2.24) is 20.9 Å². The molecular weight excluding hydrogens is 484 g/mol. The summed E-state index contributed by atoms with van der Waals surface area (Å²) in [4.78, 5) is 54.6. The Labute approximate surface area is 226 Å². The molecule has 210 valence electrons. The van der Waals surface area contributed by atoms with Crippen molar-refractivity contribution in [3.8, 4) is 5.75 Å². The van der Waals surface area contributed by atoms with Gasteiger partial charge in [0, 0.05) is 19.6 Å². The van der Waals surface area contributed by atoms with Gasteiger partial charge in [-0.2, -0.15) is 0 Å². The molecular formula is C29H44N4O5. The van der Waals surface area contributed by atoms with Crippen LogP contribution in [0.2, 0.25) is 0 Å². The van der Waals surface area contributed by atoms with Crippen LogP contribution in [0.25, 0.3) is 0 Å². The third-order valence-corrected chi connectivity index (χ3v) is 7.21. The number of rotatable bonds is 4. The van der Waals surface area contributed by atoms with Crippen LogP contribution >= 0.6 is 0 Å². The van der Waals surface area contributed by atoms with Crippen molar-refractivity contribution in [2.24, 2.45) is 5.92 Å². The highest BCUT2D eigenvalue weighted by molar-refractivity contribution is 6.01. The van der Waals surface area contributed by atoms with Crippen molar-refractivity contribution in [3.63, 3.8) is 0 Å². The van der Waals surface area contributed by atoms with E-state index in [0.29, 0.717) is 30.9 Å². The predicted molar refractivity (Wildman–Crippen MR) is 146 cm³/mol. The van der Waals surface area contributed by atoms with Gasteiger partial charge in [0.2, 0.25) is 17.7 Å². The normalized spacial score (nSPS) is 23.1. The molecule has 1 aromatic rings. The minimum absolute atomic E-state index is 0.0371. The molecule has 1 fully saturated rings. The van der Waals surface area contributed by atoms with Gasteiger partial charge in [-0.3, -0.25) is 19.2 Å². The third-order valence-electron chi connectivity index (χ3n) is 7.21. The van der Waals surface area contributed by atoms with Crippen molar-refractivity contribution in [1.29, 1.82) is 0 Å². The quantitative estimate of drug-likeness (QED) is 0.555. The lowest BCUT2D eigenvalue weighted by Gasteiger charge is -2.27. The van der Waals surface area contributed by atoms with E-state index in [-0.39, 0.29) is 24.3 Å². The Hall–Kier alpha value is -3.10. The summed E-state index contributed by atoms with van der Waals surface area (Å²) in [7, 11) is 1.76. The number of hydrogen-bond acceptors (Lipinski definition) is 5. The lowest BCUT2D eigenvalue weighted by molar-refractivity contribution is -0.136. The maximum Gasteiger partial charge on any atom is 0.255 e. The van der Waals surface area contributed by atoms with Crippen LogP contribution in [0.15, 0.2) is 24.3 Å². The minimum Gasteiger partial charge on any atom is -0.493 e. The molecule has 1 aliphatic heterocycles. The molecule has 1 aromatic carbocycles. The zero-order chi connectivity index (χ0) is 27.5. The van der Waals surface area contributed by atoms with Crippen molar-refractivity contribution >= 4 is 23.6 Å². The van der Waals surface area contributed by atoms with Gasteiger partial charge in [0.05, 0.1) is 18.6 Å². The van der Waals surface area contributed by atoms with E-state index in [1.54, 1.807) is 36.2 Å². The number of benzene rings is 1. The van der Waals surface area contributed by atoms with Crippen molar-refractivity contribution in [3.05, 3.63) is 29.8 Å². The average molecular weight is 529 g/mol. The molecule has 2 atom stereocenters.